The zero-order valence-electron chi connectivity index (χ0n) is 22.2. The van der Waals surface area contributed by atoms with Crippen molar-refractivity contribution in [2.45, 2.75) is 50.2 Å². The minimum Gasteiger partial charge on any atom is -0.481 e. The first-order valence-electron chi connectivity index (χ1n) is 13.8. The lowest BCUT2D eigenvalue weighted by Gasteiger charge is -2.39. The van der Waals surface area contributed by atoms with Crippen LogP contribution in [0.4, 0.5) is 0 Å². The minimum atomic E-state index is -0.744. The first kappa shape index (κ1) is 26.9. The molecule has 1 saturated heterocycles. The van der Waals surface area contributed by atoms with E-state index in [4.69, 9.17) is 19.8 Å². The molecule has 4 atom stereocenters. The Kier molecular flexibility index (Phi) is 8.56. The van der Waals surface area contributed by atoms with Gasteiger partial charge in [-0.05, 0) is 66.0 Å². The van der Waals surface area contributed by atoms with Crippen molar-refractivity contribution in [1.82, 2.24) is 0 Å². The normalized spacial score (nSPS) is 23.7. The SMILES string of the molecule is N#Cc1ccc(COC[C@@H]2[C@@H]3C[C@@](c4ccc(-c5ccccc5)cc4)(CO3)[C@H]2CC=CCCCC(=O)O)cc1. The second-order valence-electron chi connectivity index (χ2n) is 10.7. The smallest absolute Gasteiger partial charge is 0.303 e. The van der Waals surface area contributed by atoms with Gasteiger partial charge in [-0.1, -0.05) is 78.9 Å². The number of unbranched alkanes of at least 4 members (excludes halogenated alkanes) is 1. The lowest BCUT2D eigenvalue weighted by molar-refractivity contribution is -0.137. The number of fused-ring (bicyclic) bond motifs is 2. The fraction of sp³-hybridized carbons (Fsp3) is 0.353. The van der Waals surface area contributed by atoms with Crippen LogP contribution in [0, 0.1) is 23.2 Å². The Hall–Kier alpha value is -3.72. The Morgan fingerprint density at radius 1 is 1.03 bits per heavy atom. The summed E-state index contributed by atoms with van der Waals surface area (Å²) >= 11 is 0. The van der Waals surface area contributed by atoms with Crippen LogP contribution in [0.1, 0.15) is 48.8 Å². The molecule has 0 aromatic heterocycles. The quantitative estimate of drug-likeness (QED) is 0.207. The van der Waals surface area contributed by atoms with E-state index in [0.29, 0.717) is 37.7 Å². The lowest BCUT2D eigenvalue weighted by Crippen LogP contribution is -2.41. The number of benzene rings is 3. The first-order chi connectivity index (χ1) is 19.1. The number of rotatable bonds is 12. The molecule has 1 aliphatic carbocycles. The fourth-order valence-electron chi connectivity index (χ4n) is 6.32. The summed E-state index contributed by atoms with van der Waals surface area (Å²) in [7, 11) is 0. The molecule has 5 heteroatoms. The standard InChI is InChI=1S/C34H35NO4/c35-21-25-12-14-26(15-13-25)22-38-23-30-31(10-6-1-2-7-11-33(36)37)34(20-32(30)39-24-34)29-18-16-28(17-19-29)27-8-4-3-5-9-27/h1,3-6,8-9,12-19,30-32H,2,7,10-11,20,22-24H2,(H,36,37)/t30-,31-,32-,34-/m0/s1. The van der Waals surface area contributed by atoms with Crippen molar-refractivity contribution in [3.05, 3.63) is 108 Å². The van der Waals surface area contributed by atoms with Gasteiger partial charge < -0.3 is 14.6 Å². The van der Waals surface area contributed by atoms with E-state index in [2.05, 4.69) is 66.8 Å². The summed E-state index contributed by atoms with van der Waals surface area (Å²) in [6, 6.07) is 29.1. The molecule has 0 unspecified atom stereocenters. The predicted octanol–water partition coefficient (Wildman–Crippen LogP) is 6.92. The largest absolute Gasteiger partial charge is 0.481 e. The number of nitriles is 1. The number of aliphatic carboxylic acids is 1. The van der Waals surface area contributed by atoms with Gasteiger partial charge in [0.15, 0.2) is 0 Å². The molecule has 0 amide bonds. The number of carboxylic acids is 1. The molecule has 1 saturated carbocycles. The van der Waals surface area contributed by atoms with E-state index < -0.39 is 5.97 Å². The molecule has 2 bridgehead atoms. The van der Waals surface area contributed by atoms with Gasteiger partial charge in [-0.15, -0.1) is 0 Å². The number of hydrogen-bond acceptors (Lipinski definition) is 4. The average Bonchev–Trinajstić information content (AvgIpc) is 3.54. The summed E-state index contributed by atoms with van der Waals surface area (Å²) < 4.78 is 12.6. The predicted molar refractivity (Wildman–Crippen MR) is 151 cm³/mol. The second-order valence-corrected chi connectivity index (χ2v) is 10.7. The van der Waals surface area contributed by atoms with Gasteiger partial charge in [-0.25, -0.2) is 0 Å². The molecule has 3 aromatic carbocycles. The fourth-order valence-corrected chi connectivity index (χ4v) is 6.32. The number of carboxylic acid groups (broad SMARTS) is 1. The highest BCUT2D eigenvalue weighted by molar-refractivity contribution is 5.66. The van der Waals surface area contributed by atoms with Crippen LogP contribution in [0.2, 0.25) is 0 Å². The van der Waals surface area contributed by atoms with Crippen molar-refractivity contribution in [2.75, 3.05) is 13.2 Å². The van der Waals surface area contributed by atoms with Gasteiger partial charge in [-0.2, -0.15) is 5.26 Å². The van der Waals surface area contributed by atoms with Gasteiger partial charge in [0.25, 0.3) is 0 Å². The minimum absolute atomic E-state index is 0.0617. The Morgan fingerprint density at radius 3 is 2.49 bits per heavy atom. The van der Waals surface area contributed by atoms with Crippen LogP contribution in [-0.2, 0) is 26.3 Å². The Morgan fingerprint density at radius 2 is 1.77 bits per heavy atom. The summed E-state index contributed by atoms with van der Waals surface area (Å²) in [5, 5.41) is 18.0. The van der Waals surface area contributed by atoms with Crippen molar-refractivity contribution < 1.29 is 19.4 Å². The molecular formula is C34H35NO4. The zero-order valence-corrected chi connectivity index (χ0v) is 22.2. The maximum Gasteiger partial charge on any atom is 0.303 e. The van der Waals surface area contributed by atoms with Crippen molar-refractivity contribution >= 4 is 5.97 Å². The van der Waals surface area contributed by atoms with Crippen LogP contribution in [0.5, 0.6) is 0 Å². The molecule has 5 nitrogen and oxygen atoms in total. The van der Waals surface area contributed by atoms with E-state index in [9.17, 15) is 4.79 Å². The first-order valence-corrected chi connectivity index (χ1v) is 13.8. The van der Waals surface area contributed by atoms with Crippen LogP contribution >= 0.6 is 0 Å². The summed E-state index contributed by atoms with van der Waals surface area (Å²) in [6.45, 7) is 1.84. The molecule has 3 aromatic rings. The van der Waals surface area contributed by atoms with Crippen LogP contribution in [0.3, 0.4) is 0 Å². The summed E-state index contributed by atoms with van der Waals surface area (Å²) in [4.78, 5) is 10.9. The average molecular weight is 522 g/mol. The molecule has 1 heterocycles. The number of allylic oxidation sites excluding steroid dienone is 2. The number of hydrogen-bond donors (Lipinski definition) is 1. The maximum absolute atomic E-state index is 10.9. The summed E-state index contributed by atoms with van der Waals surface area (Å²) in [5.41, 5.74) is 5.39. The Labute approximate surface area is 230 Å². The second kappa shape index (κ2) is 12.4. The topological polar surface area (TPSA) is 79.5 Å². The van der Waals surface area contributed by atoms with E-state index in [0.717, 1.165) is 24.8 Å². The summed E-state index contributed by atoms with van der Waals surface area (Å²) in [5.74, 6) is -0.101. The molecule has 0 spiro atoms. The molecule has 200 valence electrons. The van der Waals surface area contributed by atoms with Gasteiger partial charge in [0.1, 0.15) is 0 Å². The van der Waals surface area contributed by atoms with Gasteiger partial charge >= 0.3 is 5.97 Å². The van der Waals surface area contributed by atoms with Gasteiger partial charge in [0.2, 0.25) is 0 Å². The van der Waals surface area contributed by atoms with Crippen LogP contribution < -0.4 is 0 Å². The van der Waals surface area contributed by atoms with E-state index in [-0.39, 0.29) is 23.9 Å². The molecule has 1 N–H and O–H groups in total. The Bertz CT molecular complexity index is 1310. The molecule has 2 fully saturated rings. The number of ether oxygens (including phenoxy) is 2. The maximum atomic E-state index is 10.9. The molecule has 0 radical (unpaired) electrons. The third-order valence-corrected chi connectivity index (χ3v) is 8.37. The van der Waals surface area contributed by atoms with Gasteiger partial charge in [0.05, 0.1) is 37.6 Å². The number of nitrogens with zero attached hydrogens (tertiary/aromatic N) is 1. The lowest BCUT2D eigenvalue weighted by atomic mass is 9.69. The van der Waals surface area contributed by atoms with E-state index in [1.54, 1.807) is 0 Å². The molecule has 39 heavy (non-hydrogen) atoms. The van der Waals surface area contributed by atoms with E-state index >= 15 is 0 Å². The van der Waals surface area contributed by atoms with E-state index in [1.165, 1.54) is 16.7 Å². The summed E-state index contributed by atoms with van der Waals surface area (Å²) in [6.07, 6.45) is 8.07. The zero-order chi connectivity index (χ0) is 27.1. The highest BCUT2D eigenvalue weighted by atomic mass is 16.5. The van der Waals surface area contributed by atoms with E-state index in [1.807, 2.05) is 30.3 Å². The van der Waals surface area contributed by atoms with Gasteiger partial charge in [0, 0.05) is 17.8 Å². The van der Waals surface area contributed by atoms with Crippen molar-refractivity contribution in [1.29, 1.82) is 5.26 Å². The third kappa shape index (κ3) is 6.14. The van der Waals surface area contributed by atoms with Crippen LogP contribution in [0.15, 0.2) is 91.0 Å². The highest BCUT2D eigenvalue weighted by Gasteiger charge is 2.59. The van der Waals surface area contributed by atoms with Crippen molar-refractivity contribution in [2.24, 2.45) is 11.8 Å². The Balaban J connectivity index is 1.31. The van der Waals surface area contributed by atoms with Crippen LogP contribution in [0.25, 0.3) is 11.1 Å². The highest BCUT2D eigenvalue weighted by Crippen LogP contribution is 2.56. The van der Waals surface area contributed by atoms with Crippen molar-refractivity contribution in [3.8, 4) is 17.2 Å². The molecule has 5 rings (SSSR count). The molecular weight excluding hydrogens is 486 g/mol. The molecule has 1 aliphatic heterocycles. The monoisotopic (exact) mass is 521 g/mol. The van der Waals surface area contributed by atoms with Crippen molar-refractivity contribution in [3.63, 3.8) is 0 Å². The van der Waals surface area contributed by atoms with Gasteiger partial charge in [-0.3, -0.25) is 4.79 Å². The number of carbonyl (C=O) groups is 1. The molecule has 2 aliphatic rings. The van der Waals surface area contributed by atoms with Crippen LogP contribution in [-0.4, -0.2) is 30.4 Å². The third-order valence-electron chi connectivity index (χ3n) is 8.37.